The molecule has 1 fully saturated rings. The number of hydrogen-bond acceptors (Lipinski definition) is 2. The second-order valence-corrected chi connectivity index (χ2v) is 5.53. The molecule has 19 heavy (non-hydrogen) atoms. The summed E-state index contributed by atoms with van der Waals surface area (Å²) < 4.78 is 0. The highest BCUT2D eigenvalue weighted by molar-refractivity contribution is 5.78. The molecule has 1 saturated heterocycles. The molecule has 2 atom stereocenters. The topological polar surface area (TPSA) is 40.5 Å². The number of aryl methyl sites for hydroxylation is 1. The molecule has 1 aliphatic rings. The monoisotopic (exact) mass is 261 g/mol. The van der Waals surface area contributed by atoms with Crippen molar-refractivity contribution >= 4 is 5.91 Å². The van der Waals surface area contributed by atoms with Crippen molar-refractivity contribution in [3.63, 3.8) is 0 Å². The highest BCUT2D eigenvalue weighted by atomic mass is 16.3. The lowest BCUT2D eigenvalue weighted by atomic mass is 10.0. The summed E-state index contributed by atoms with van der Waals surface area (Å²) >= 11 is 0. The number of hydrogen-bond donors (Lipinski definition) is 1. The summed E-state index contributed by atoms with van der Waals surface area (Å²) in [6, 6.07) is 7.81. The first-order chi connectivity index (χ1) is 9.11. The van der Waals surface area contributed by atoms with Gasteiger partial charge in [-0.25, -0.2) is 0 Å². The van der Waals surface area contributed by atoms with Crippen LogP contribution in [0.2, 0.25) is 0 Å². The van der Waals surface area contributed by atoms with Gasteiger partial charge in [-0.05, 0) is 30.4 Å². The van der Waals surface area contributed by atoms with Gasteiger partial charge in [0, 0.05) is 13.0 Å². The summed E-state index contributed by atoms with van der Waals surface area (Å²) in [6.45, 7) is 5.36. The van der Waals surface area contributed by atoms with Crippen molar-refractivity contribution in [2.75, 3.05) is 13.1 Å². The Hall–Kier alpha value is -1.35. The average molecular weight is 261 g/mol. The van der Waals surface area contributed by atoms with Crippen LogP contribution in [0.15, 0.2) is 24.3 Å². The number of rotatable bonds is 5. The highest BCUT2D eigenvalue weighted by Crippen LogP contribution is 2.25. The summed E-state index contributed by atoms with van der Waals surface area (Å²) in [7, 11) is 0. The minimum absolute atomic E-state index is 0.186. The second-order valence-electron chi connectivity index (χ2n) is 5.53. The second kappa shape index (κ2) is 6.20. The Bertz CT molecular complexity index is 444. The first-order valence-electron chi connectivity index (χ1n) is 7.13. The number of aliphatic hydroxyl groups is 1. The van der Waals surface area contributed by atoms with E-state index in [4.69, 9.17) is 0 Å². The molecule has 1 aliphatic heterocycles. The zero-order valence-electron chi connectivity index (χ0n) is 11.8. The van der Waals surface area contributed by atoms with E-state index in [1.165, 1.54) is 0 Å². The van der Waals surface area contributed by atoms with E-state index in [-0.39, 0.29) is 5.91 Å². The van der Waals surface area contributed by atoms with Crippen LogP contribution in [0.3, 0.4) is 0 Å². The van der Waals surface area contributed by atoms with E-state index in [2.05, 4.69) is 6.92 Å². The standard InChI is InChI=1S/C16H23NO2/c1-3-6-13-9-16(19)17(10-13)11-15(18)14-8-5-4-7-12(14)2/h4-5,7-8,13,15,18H,3,6,9-11H2,1-2H3. The molecule has 1 heterocycles. The van der Waals surface area contributed by atoms with Gasteiger partial charge in [-0.15, -0.1) is 0 Å². The van der Waals surface area contributed by atoms with Gasteiger partial charge in [-0.1, -0.05) is 37.6 Å². The number of carbonyl (C=O) groups is 1. The maximum Gasteiger partial charge on any atom is 0.223 e. The Balaban J connectivity index is 1.98. The van der Waals surface area contributed by atoms with Crippen LogP contribution >= 0.6 is 0 Å². The Morgan fingerprint density at radius 1 is 1.42 bits per heavy atom. The van der Waals surface area contributed by atoms with Crippen LogP contribution < -0.4 is 0 Å². The van der Waals surface area contributed by atoms with E-state index < -0.39 is 6.10 Å². The molecule has 0 bridgehead atoms. The van der Waals surface area contributed by atoms with E-state index in [0.717, 1.165) is 30.5 Å². The smallest absolute Gasteiger partial charge is 0.223 e. The summed E-state index contributed by atoms with van der Waals surface area (Å²) in [6.07, 6.45) is 2.29. The quantitative estimate of drug-likeness (QED) is 0.885. The molecule has 1 aromatic rings. The van der Waals surface area contributed by atoms with Crippen molar-refractivity contribution in [3.8, 4) is 0 Å². The van der Waals surface area contributed by atoms with Gasteiger partial charge in [0.05, 0.1) is 12.6 Å². The third-order valence-electron chi connectivity index (χ3n) is 3.93. The van der Waals surface area contributed by atoms with Crippen LogP contribution in [0, 0.1) is 12.8 Å². The van der Waals surface area contributed by atoms with Crippen molar-refractivity contribution in [3.05, 3.63) is 35.4 Å². The van der Waals surface area contributed by atoms with Gasteiger partial charge in [0.15, 0.2) is 0 Å². The number of aliphatic hydroxyl groups excluding tert-OH is 1. The first kappa shape index (κ1) is 14.1. The molecule has 1 aromatic carbocycles. The van der Waals surface area contributed by atoms with Crippen LogP contribution in [0.1, 0.15) is 43.4 Å². The van der Waals surface area contributed by atoms with Gasteiger partial charge in [0.25, 0.3) is 0 Å². The molecule has 2 unspecified atom stereocenters. The minimum atomic E-state index is -0.578. The molecule has 0 aliphatic carbocycles. The number of amides is 1. The fourth-order valence-electron chi connectivity index (χ4n) is 2.90. The van der Waals surface area contributed by atoms with Gasteiger partial charge in [0.1, 0.15) is 0 Å². The minimum Gasteiger partial charge on any atom is -0.387 e. The molecule has 0 spiro atoms. The fraction of sp³-hybridized carbons (Fsp3) is 0.562. The SMILES string of the molecule is CCCC1CC(=O)N(CC(O)c2ccccc2C)C1. The van der Waals surface area contributed by atoms with Crippen molar-refractivity contribution in [1.29, 1.82) is 0 Å². The molecular weight excluding hydrogens is 238 g/mol. The Labute approximate surface area is 115 Å². The molecule has 0 aromatic heterocycles. The molecule has 0 radical (unpaired) electrons. The van der Waals surface area contributed by atoms with E-state index in [1.54, 1.807) is 0 Å². The molecule has 1 N–H and O–H groups in total. The maximum atomic E-state index is 11.9. The van der Waals surface area contributed by atoms with Crippen molar-refractivity contribution in [2.45, 2.75) is 39.2 Å². The number of carbonyl (C=O) groups excluding carboxylic acids is 1. The van der Waals surface area contributed by atoms with Crippen LogP contribution in [-0.4, -0.2) is 29.0 Å². The zero-order chi connectivity index (χ0) is 13.8. The molecule has 3 nitrogen and oxygen atoms in total. The molecule has 2 rings (SSSR count). The molecule has 104 valence electrons. The van der Waals surface area contributed by atoms with Gasteiger partial charge < -0.3 is 10.0 Å². The van der Waals surface area contributed by atoms with Gasteiger partial charge in [0.2, 0.25) is 5.91 Å². The van der Waals surface area contributed by atoms with Crippen molar-refractivity contribution in [1.82, 2.24) is 4.90 Å². The number of nitrogens with zero attached hydrogens (tertiary/aromatic N) is 1. The predicted molar refractivity (Wildman–Crippen MR) is 75.7 cm³/mol. The summed E-state index contributed by atoms with van der Waals surface area (Å²) in [5, 5.41) is 10.3. The number of β-amino-alcohol motifs (C(OH)–C–C–N with tert-alkyl or cyclic N) is 1. The average Bonchev–Trinajstić information content (AvgIpc) is 2.70. The predicted octanol–water partition coefficient (Wildman–Crippen LogP) is 2.68. The van der Waals surface area contributed by atoms with E-state index in [1.807, 2.05) is 36.1 Å². The lowest BCUT2D eigenvalue weighted by Gasteiger charge is -2.22. The highest BCUT2D eigenvalue weighted by Gasteiger charge is 2.30. The molecule has 1 amide bonds. The van der Waals surface area contributed by atoms with Crippen LogP contribution in [0.5, 0.6) is 0 Å². The Kier molecular flexibility index (Phi) is 4.59. The normalized spacial score (nSPS) is 20.9. The van der Waals surface area contributed by atoms with E-state index >= 15 is 0 Å². The Morgan fingerprint density at radius 3 is 2.84 bits per heavy atom. The van der Waals surface area contributed by atoms with Crippen molar-refractivity contribution < 1.29 is 9.90 Å². The number of likely N-dealkylation sites (tertiary alicyclic amines) is 1. The van der Waals surface area contributed by atoms with Crippen LogP contribution in [-0.2, 0) is 4.79 Å². The first-order valence-corrected chi connectivity index (χ1v) is 7.13. The third kappa shape index (κ3) is 3.35. The summed E-state index contributed by atoms with van der Waals surface area (Å²) in [5.41, 5.74) is 2.00. The molecule has 0 saturated carbocycles. The Morgan fingerprint density at radius 2 is 2.16 bits per heavy atom. The lowest BCUT2D eigenvalue weighted by molar-refractivity contribution is -0.129. The molecule has 3 heteroatoms. The third-order valence-corrected chi connectivity index (χ3v) is 3.93. The fourth-order valence-corrected chi connectivity index (χ4v) is 2.90. The van der Waals surface area contributed by atoms with Crippen molar-refractivity contribution in [2.24, 2.45) is 5.92 Å². The van der Waals surface area contributed by atoms with Crippen LogP contribution in [0.4, 0.5) is 0 Å². The number of benzene rings is 1. The maximum absolute atomic E-state index is 11.9. The summed E-state index contributed by atoms with van der Waals surface area (Å²) in [5.74, 6) is 0.660. The van der Waals surface area contributed by atoms with E-state index in [0.29, 0.717) is 18.9 Å². The lowest BCUT2D eigenvalue weighted by Crippen LogP contribution is -2.30. The van der Waals surface area contributed by atoms with Gasteiger partial charge in [-0.2, -0.15) is 0 Å². The summed E-state index contributed by atoms with van der Waals surface area (Å²) in [4.78, 5) is 13.7. The van der Waals surface area contributed by atoms with E-state index in [9.17, 15) is 9.90 Å². The van der Waals surface area contributed by atoms with Gasteiger partial charge >= 0.3 is 0 Å². The van der Waals surface area contributed by atoms with Crippen LogP contribution in [0.25, 0.3) is 0 Å². The van der Waals surface area contributed by atoms with Gasteiger partial charge in [-0.3, -0.25) is 4.79 Å². The largest absolute Gasteiger partial charge is 0.387 e. The zero-order valence-corrected chi connectivity index (χ0v) is 11.8. The molecular formula is C16H23NO2.